The minimum Gasteiger partial charge on any atom is -0.307 e. The predicted octanol–water partition coefficient (Wildman–Crippen LogP) is 3.23. The first-order valence-corrected chi connectivity index (χ1v) is 8.47. The minimum absolute atomic E-state index is 0.0556. The van der Waals surface area contributed by atoms with Crippen molar-refractivity contribution >= 4 is 22.5 Å². The Bertz CT molecular complexity index is 675. The Morgan fingerprint density at radius 1 is 1.14 bits per heavy atom. The summed E-state index contributed by atoms with van der Waals surface area (Å²) >= 11 is 0. The number of anilines is 1. The van der Waals surface area contributed by atoms with Crippen LogP contribution in [0.15, 0.2) is 41.4 Å². The highest BCUT2D eigenvalue weighted by Gasteiger charge is 2.13. The van der Waals surface area contributed by atoms with Gasteiger partial charge in [0.1, 0.15) is 5.82 Å². The molecule has 1 aromatic carbocycles. The van der Waals surface area contributed by atoms with E-state index in [1.54, 1.807) is 41.2 Å². The Labute approximate surface area is 133 Å². The fourth-order valence-electron chi connectivity index (χ4n) is 2.03. The number of nitrogens with one attached hydrogen (secondary N) is 1. The van der Waals surface area contributed by atoms with Gasteiger partial charge >= 0.3 is 0 Å². The van der Waals surface area contributed by atoms with Crippen molar-refractivity contribution in [1.29, 1.82) is 0 Å². The molecule has 5 nitrogen and oxygen atoms in total. The maximum absolute atomic E-state index is 12.3. The highest BCUT2D eigenvalue weighted by molar-refractivity contribution is 7.85. The third-order valence-corrected chi connectivity index (χ3v) is 4.77. The summed E-state index contributed by atoms with van der Waals surface area (Å²) in [6.45, 7) is 7.81. The van der Waals surface area contributed by atoms with Crippen molar-refractivity contribution in [2.75, 3.05) is 5.32 Å². The van der Waals surface area contributed by atoms with E-state index in [-0.39, 0.29) is 17.2 Å². The van der Waals surface area contributed by atoms with Gasteiger partial charge in [0, 0.05) is 27.8 Å². The molecule has 2 rings (SSSR count). The second kappa shape index (κ2) is 6.87. The summed E-state index contributed by atoms with van der Waals surface area (Å²) in [5.74, 6) is 0.458. The topological polar surface area (TPSA) is 64.0 Å². The molecule has 0 spiro atoms. The molecular weight excluding hydrogens is 298 g/mol. The van der Waals surface area contributed by atoms with Crippen LogP contribution < -0.4 is 5.32 Å². The Morgan fingerprint density at radius 3 is 2.32 bits per heavy atom. The maximum Gasteiger partial charge on any atom is 0.256 e. The van der Waals surface area contributed by atoms with E-state index in [1.165, 1.54) is 0 Å². The van der Waals surface area contributed by atoms with Gasteiger partial charge in [0.05, 0.1) is 17.0 Å². The zero-order valence-corrected chi connectivity index (χ0v) is 14.1. The summed E-state index contributed by atoms with van der Waals surface area (Å²) in [5, 5.41) is 7.08. The summed E-state index contributed by atoms with van der Waals surface area (Å²) in [6, 6.07) is 8.80. The standard InChI is InChI=1S/C16H21N3O2S/c1-11(2)19-15(9-10-17-19)18-16(20)13-5-7-14(8-6-13)22(21)12(3)4/h5-12H,1-4H3,(H,18,20). The van der Waals surface area contributed by atoms with Crippen molar-refractivity contribution in [3.63, 3.8) is 0 Å². The van der Waals surface area contributed by atoms with Gasteiger partial charge in [-0.15, -0.1) is 0 Å². The van der Waals surface area contributed by atoms with Crippen LogP contribution in [0.25, 0.3) is 0 Å². The molecule has 0 aliphatic heterocycles. The summed E-state index contributed by atoms with van der Waals surface area (Å²) in [7, 11) is -1.04. The Morgan fingerprint density at radius 2 is 1.77 bits per heavy atom. The average Bonchev–Trinajstić information content (AvgIpc) is 2.94. The van der Waals surface area contributed by atoms with Gasteiger partial charge in [-0.1, -0.05) is 13.8 Å². The van der Waals surface area contributed by atoms with Crippen LogP contribution in [0, 0.1) is 0 Å². The number of carbonyl (C=O) groups is 1. The van der Waals surface area contributed by atoms with Gasteiger partial charge in [-0.05, 0) is 38.1 Å². The first-order valence-electron chi connectivity index (χ1n) is 7.25. The average molecular weight is 319 g/mol. The molecule has 118 valence electrons. The summed E-state index contributed by atoms with van der Waals surface area (Å²) in [5.41, 5.74) is 0.529. The lowest BCUT2D eigenvalue weighted by atomic mass is 10.2. The van der Waals surface area contributed by atoms with Crippen molar-refractivity contribution in [1.82, 2.24) is 9.78 Å². The van der Waals surface area contributed by atoms with Crippen molar-refractivity contribution in [2.24, 2.45) is 0 Å². The fraction of sp³-hybridized carbons (Fsp3) is 0.375. The number of rotatable bonds is 5. The van der Waals surface area contributed by atoms with Crippen LogP contribution in [0.4, 0.5) is 5.82 Å². The van der Waals surface area contributed by atoms with E-state index < -0.39 is 10.8 Å². The fourth-order valence-corrected chi connectivity index (χ4v) is 2.97. The van der Waals surface area contributed by atoms with Gasteiger partial charge in [-0.25, -0.2) is 4.68 Å². The number of nitrogens with zero attached hydrogens (tertiary/aromatic N) is 2. The minimum atomic E-state index is -1.04. The number of benzene rings is 1. The van der Waals surface area contributed by atoms with Gasteiger partial charge in [0.25, 0.3) is 5.91 Å². The quantitative estimate of drug-likeness (QED) is 0.920. The molecule has 0 saturated heterocycles. The molecule has 1 amide bonds. The summed E-state index contributed by atoms with van der Waals surface area (Å²) in [6.07, 6.45) is 1.66. The van der Waals surface area contributed by atoms with Crippen molar-refractivity contribution in [3.05, 3.63) is 42.1 Å². The molecule has 1 unspecified atom stereocenters. The predicted molar refractivity (Wildman–Crippen MR) is 88.6 cm³/mol. The van der Waals surface area contributed by atoms with Crippen molar-refractivity contribution in [2.45, 2.75) is 43.9 Å². The summed E-state index contributed by atoms with van der Waals surface area (Å²) in [4.78, 5) is 13.0. The van der Waals surface area contributed by atoms with E-state index in [0.29, 0.717) is 11.4 Å². The summed E-state index contributed by atoms with van der Waals surface area (Å²) < 4.78 is 13.8. The number of aromatic nitrogens is 2. The van der Waals surface area contributed by atoms with E-state index in [2.05, 4.69) is 10.4 Å². The molecule has 0 fully saturated rings. The number of hydrogen-bond donors (Lipinski definition) is 1. The monoisotopic (exact) mass is 319 g/mol. The van der Waals surface area contributed by atoms with Crippen LogP contribution in [0.3, 0.4) is 0 Å². The second-order valence-electron chi connectivity index (χ2n) is 5.58. The largest absolute Gasteiger partial charge is 0.307 e. The van der Waals surface area contributed by atoms with E-state index in [4.69, 9.17) is 0 Å². The van der Waals surface area contributed by atoms with Crippen LogP contribution in [-0.4, -0.2) is 25.1 Å². The molecule has 1 atom stereocenters. The molecule has 0 bridgehead atoms. The zero-order chi connectivity index (χ0) is 16.3. The lowest BCUT2D eigenvalue weighted by molar-refractivity contribution is 0.102. The van der Waals surface area contributed by atoms with E-state index in [0.717, 1.165) is 4.90 Å². The Hall–Kier alpha value is -1.95. The highest BCUT2D eigenvalue weighted by atomic mass is 32.2. The molecule has 1 heterocycles. The zero-order valence-electron chi connectivity index (χ0n) is 13.2. The number of amides is 1. The molecule has 0 aliphatic carbocycles. The van der Waals surface area contributed by atoms with Gasteiger partial charge in [0.2, 0.25) is 0 Å². The first-order chi connectivity index (χ1) is 10.4. The normalized spacial score (nSPS) is 12.6. The van der Waals surface area contributed by atoms with Gasteiger partial charge in [-0.2, -0.15) is 5.10 Å². The van der Waals surface area contributed by atoms with Crippen LogP contribution in [0.5, 0.6) is 0 Å². The van der Waals surface area contributed by atoms with E-state index in [1.807, 2.05) is 27.7 Å². The second-order valence-corrected chi connectivity index (χ2v) is 7.59. The molecule has 6 heteroatoms. The van der Waals surface area contributed by atoms with Gasteiger partial charge in [-0.3, -0.25) is 9.00 Å². The maximum atomic E-state index is 12.3. The van der Waals surface area contributed by atoms with Gasteiger partial charge in [0.15, 0.2) is 0 Å². The van der Waals surface area contributed by atoms with Crippen LogP contribution in [0.1, 0.15) is 44.1 Å². The van der Waals surface area contributed by atoms with E-state index >= 15 is 0 Å². The first kappa shape index (κ1) is 16.4. The molecule has 2 aromatic rings. The molecular formula is C16H21N3O2S. The third-order valence-electron chi connectivity index (χ3n) is 3.18. The molecule has 0 saturated carbocycles. The smallest absolute Gasteiger partial charge is 0.256 e. The molecule has 1 N–H and O–H groups in total. The lowest BCUT2D eigenvalue weighted by Gasteiger charge is -2.12. The van der Waals surface area contributed by atoms with Crippen LogP contribution in [-0.2, 0) is 10.8 Å². The SMILES string of the molecule is CC(C)n1nccc1NC(=O)c1ccc(S(=O)C(C)C)cc1. The molecule has 1 aromatic heterocycles. The third kappa shape index (κ3) is 3.62. The Balaban J connectivity index is 2.13. The molecule has 22 heavy (non-hydrogen) atoms. The van der Waals surface area contributed by atoms with Crippen LogP contribution in [0.2, 0.25) is 0 Å². The van der Waals surface area contributed by atoms with Crippen molar-refractivity contribution in [3.8, 4) is 0 Å². The number of hydrogen-bond acceptors (Lipinski definition) is 3. The lowest BCUT2D eigenvalue weighted by Crippen LogP contribution is -2.16. The molecule has 0 radical (unpaired) electrons. The Kier molecular flexibility index (Phi) is 5.13. The molecule has 0 aliphatic rings. The highest BCUT2D eigenvalue weighted by Crippen LogP contribution is 2.16. The van der Waals surface area contributed by atoms with E-state index in [9.17, 15) is 9.00 Å². The van der Waals surface area contributed by atoms with Crippen molar-refractivity contribution < 1.29 is 9.00 Å². The van der Waals surface area contributed by atoms with Crippen LogP contribution >= 0.6 is 0 Å². The van der Waals surface area contributed by atoms with Gasteiger partial charge < -0.3 is 5.32 Å². The number of carbonyl (C=O) groups excluding carboxylic acids is 1.